The topological polar surface area (TPSA) is 75.4 Å². The van der Waals surface area contributed by atoms with Crippen LogP contribution in [0.5, 0.6) is 0 Å². The van der Waals surface area contributed by atoms with Crippen LogP contribution in [0, 0.1) is 6.92 Å². The van der Waals surface area contributed by atoms with E-state index in [0.29, 0.717) is 29.4 Å². The molecule has 21 heavy (non-hydrogen) atoms. The molecule has 0 spiro atoms. The SMILES string of the molecule is Cc1cc(NC(=O)[C@@H]2CCCN2C(=O)c2cccs2)no1. The number of thiophene rings is 1. The maximum atomic E-state index is 12.4. The zero-order chi connectivity index (χ0) is 14.8. The van der Waals surface area contributed by atoms with Crippen molar-refractivity contribution in [1.29, 1.82) is 0 Å². The highest BCUT2D eigenvalue weighted by atomic mass is 32.1. The van der Waals surface area contributed by atoms with Crippen molar-refractivity contribution in [3.63, 3.8) is 0 Å². The normalized spacial score (nSPS) is 18.0. The first-order valence-corrected chi connectivity index (χ1v) is 7.62. The van der Waals surface area contributed by atoms with Gasteiger partial charge in [0.2, 0.25) is 5.91 Å². The van der Waals surface area contributed by atoms with Crippen LogP contribution in [0.2, 0.25) is 0 Å². The number of anilines is 1. The van der Waals surface area contributed by atoms with Gasteiger partial charge in [0.1, 0.15) is 11.8 Å². The highest BCUT2D eigenvalue weighted by Crippen LogP contribution is 2.23. The minimum atomic E-state index is -0.448. The third-order valence-corrected chi connectivity index (χ3v) is 4.29. The van der Waals surface area contributed by atoms with Crippen LogP contribution in [-0.2, 0) is 4.79 Å². The molecule has 1 atom stereocenters. The first-order valence-electron chi connectivity index (χ1n) is 6.74. The van der Waals surface area contributed by atoms with E-state index in [1.54, 1.807) is 24.0 Å². The average Bonchev–Trinajstić information content (AvgIpc) is 3.19. The summed E-state index contributed by atoms with van der Waals surface area (Å²) >= 11 is 1.39. The lowest BCUT2D eigenvalue weighted by Gasteiger charge is -2.22. The number of likely N-dealkylation sites (tertiary alicyclic amines) is 1. The van der Waals surface area contributed by atoms with E-state index in [4.69, 9.17) is 4.52 Å². The molecule has 0 radical (unpaired) electrons. The predicted octanol–water partition coefficient (Wildman–Crippen LogP) is 2.29. The molecule has 1 aliphatic heterocycles. The van der Waals surface area contributed by atoms with E-state index >= 15 is 0 Å². The Morgan fingerprint density at radius 3 is 3.05 bits per heavy atom. The molecule has 1 saturated heterocycles. The number of aromatic nitrogens is 1. The molecular weight excluding hydrogens is 290 g/mol. The zero-order valence-electron chi connectivity index (χ0n) is 11.5. The maximum absolute atomic E-state index is 12.4. The van der Waals surface area contributed by atoms with Gasteiger partial charge in [-0.05, 0) is 31.2 Å². The Labute approximate surface area is 125 Å². The number of nitrogens with one attached hydrogen (secondary N) is 1. The van der Waals surface area contributed by atoms with E-state index in [2.05, 4.69) is 10.5 Å². The molecule has 2 aromatic rings. The first kappa shape index (κ1) is 13.8. The monoisotopic (exact) mass is 305 g/mol. The quantitative estimate of drug-likeness (QED) is 0.944. The van der Waals surface area contributed by atoms with Gasteiger partial charge in [0.05, 0.1) is 4.88 Å². The highest BCUT2D eigenvalue weighted by molar-refractivity contribution is 7.12. The minimum absolute atomic E-state index is 0.0843. The van der Waals surface area contributed by atoms with Crippen molar-refractivity contribution in [2.24, 2.45) is 0 Å². The summed E-state index contributed by atoms with van der Waals surface area (Å²) in [5.74, 6) is 0.709. The predicted molar refractivity (Wildman–Crippen MR) is 78.2 cm³/mol. The molecule has 1 N–H and O–H groups in total. The number of rotatable bonds is 3. The van der Waals surface area contributed by atoms with E-state index in [1.165, 1.54) is 11.3 Å². The second-order valence-electron chi connectivity index (χ2n) is 4.95. The molecular formula is C14H15N3O3S. The summed E-state index contributed by atoms with van der Waals surface area (Å²) in [7, 11) is 0. The Balaban J connectivity index is 1.71. The largest absolute Gasteiger partial charge is 0.360 e. The number of amides is 2. The van der Waals surface area contributed by atoms with Crippen molar-refractivity contribution in [3.8, 4) is 0 Å². The van der Waals surface area contributed by atoms with Crippen molar-refractivity contribution in [2.45, 2.75) is 25.8 Å². The van der Waals surface area contributed by atoms with Crippen LogP contribution < -0.4 is 5.32 Å². The number of aryl methyl sites for hydroxylation is 1. The Bertz CT molecular complexity index is 650. The Morgan fingerprint density at radius 1 is 1.52 bits per heavy atom. The number of hydrogen-bond donors (Lipinski definition) is 1. The Morgan fingerprint density at radius 2 is 2.38 bits per heavy atom. The molecule has 3 rings (SSSR count). The molecule has 2 aromatic heterocycles. The maximum Gasteiger partial charge on any atom is 0.264 e. The second kappa shape index (κ2) is 5.69. The third kappa shape index (κ3) is 2.82. The van der Waals surface area contributed by atoms with Crippen LogP contribution in [0.25, 0.3) is 0 Å². The summed E-state index contributed by atoms with van der Waals surface area (Å²) in [5, 5.41) is 8.30. The van der Waals surface area contributed by atoms with Gasteiger partial charge in [0.25, 0.3) is 5.91 Å². The van der Waals surface area contributed by atoms with Crippen LogP contribution >= 0.6 is 11.3 Å². The Kier molecular flexibility index (Phi) is 3.74. The Hall–Kier alpha value is -2.15. The lowest BCUT2D eigenvalue weighted by molar-refractivity contribution is -0.119. The van der Waals surface area contributed by atoms with E-state index in [-0.39, 0.29) is 11.8 Å². The molecule has 2 amide bonds. The van der Waals surface area contributed by atoms with Crippen molar-refractivity contribution < 1.29 is 14.1 Å². The fraction of sp³-hybridized carbons (Fsp3) is 0.357. The molecule has 0 unspecified atom stereocenters. The van der Waals surface area contributed by atoms with Crippen molar-refractivity contribution in [1.82, 2.24) is 10.1 Å². The number of carbonyl (C=O) groups excluding carboxylic acids is 2. The van der Waals surface area contributed by atoms with E-state index in [0.717, 1.165) is 6.42 Å². The summed E-state index contributed by atoms with van der Waals surface area (Å²) in [6, 6.07) is 4.82. The van der Waals surface area contributed by atoms with Gasteiger partial charge in [0, 0.05) is 12.6 Å². The van der Waals surface area contributed by atoms with Crippen LogP contribution in [0.1, 0.15) is 28.3 Å². The molecule has 3 heterocycles. The average molecular weight is 305 g/mol. The molecule has 6 nitrogen and oxygen atoms in total. The van der Waals surface area contributed by atoms with E-state index in [9.17, 15) is 9.59 Å². The van der Waals surface area contributed by atoms with Gasteiger partial charge in [-0.2, -0.15) is 0 Å². The van der Waals surface area contributed by atoms with Crippen LogP contribution in [0.4, 0.5) is 5.82 Å². The van der Waals surface area contributed by atoms with Crippen molar-refractivity contribution in [3.05, 3.63) is 34.2 Å². The highest BCUT2D eigenvalue weighted by Gasteiger charge is 2.35. The second-order valence-corrected chi connectivity index (χ2v) is 5.89. The first-order chi connectivity index (χ1) is 10.1. The molecule has 0 aliphatic carbocycles. The fourth-order valence-electron chi connectivity index (χ4n) is 2.46. The molecule has 110 valence electrons. The standard InChI is InChI=1S/C14H15N3O3S/c1-9-8-12(16-20-9)15-13(18)10-4-2-6-17(10)14(19)11-5-3-7-21-11/h3,5,7-8,10H,2,4,6H2,1H3,(H,15,16,18)/t10-/m0/s1. The van der Waals surface area contributed by atoms with Gasteiger partial charge < -0.3 is 14.7 Å². The lowest BCUT2D eigenvalue weighted by Crippen LogP contribution is -2.43. The summed E-state index contributed by atoms with van der Waals surface area (Å²) in [5.41, 5.74) is 0. The van der Waals surface area contributed by atoms with Crippen molar-refractivity contribution in [2.75, 3.05) is 11.9 Å². The summed E-state index contributed by atoms with van der Waals surface area (Å²) < 4.78 is 4.92. The van der Waals surface area contributed by atoms with Gasteiger partial charge in [-0.3, -0.25) is 9.59 Å². The third-order valence-electron chi connectivity index (χ3n) is 3.43. The molecule has 7 heteroatoms. The van der Waals surface area contributed by atoms with Crippen LogP contribution in [-0.4, -0.2) is 34.5 Å². The van der Waals surface area contributed by atoms with Crippen LogP contribution in [0.3, 0.4) is 0 Å². The summed E-state index contributed by atoms with van der Waals surface area (Å²) in [6.07, 6.45) is 1.49. The fourth-order valence-corrected chi connectivity index (χ4v) is 3.14. The number of hydrogen-bond acceptors (Lipinski definition) is 5. The molecule has 1 aliphatic rings. The minimum Gasteiger partial charge on any atom is -0.360 e. The molecule has 0 bridgehead atoms. The molecule has 0 saturated carbocycles. The molecule has 1 fully saturated rings. The summed E-state index contributed by atoms with van der Waals surface area (Å²) in [6.45, 7) is 2.36. The van der Waals surface area contributed by atoms with Gasteiger partial charge in [-0.1, -0.05) is 11.2 Å². The van der Waals surface area contributed by atoms with Gasteiger partial charge in [0.15, 0.2) is 5.82 Å². The number of carbonyl (C=O) groups is 2. The van der Waals surface area contributed by atoms with Gasteiger partial charge in [-0.15, -0.1) is 11.3 Å². The lowest BCUT2D eigenvalue weighted by atomic mass is 10.2. The van der Waals surface area contributed by atoms with Crippen molar-refractivity contribution >= 4 is 29.0 Å². The number of nitrogens with zero attached hydrogens (tertiary/aromatic N) is 2. The zero-order valence-corrected chi connectivity index (χ0v) is 12.4. The summed E-state index contributed by atoms with van der Waals surface area (Å²) in [4.78, 5) is 27.0. The van der Waals surface area contributed by atoms with Gasteiger partial charge >= 0.3 is 0 Å². The van der Waals surface area contributed by atoms with Crippen LogP contribution in [0.15, 0.2) is 28.1 Å². The molecule has 0 aromatic carbocycles. The van der Waals surface area contributed by atoms with E-state index < -0.39 is 6.04 Å². The van der Waals surface area contributed by atoms with E-state index in [1.807, 2.05) is 11.4 Å². The van der Waals surface area contributed by atoms with Gasteiger partial charge in [-0.25, -0.2) is 0 Å². The smallest absolute Gasteiger partial charge is 0.264 e.